The number of sulfonamides is 1. The van der Waals surface area contributed by atoms with E-state index in [-0.39, 0.29) is 10.3 Å². The van der Waals surface area contributed by atoms with Gasteiger partial charge in [-0.05, 0) is 42.4 Å². The Bertz CT molecular complexity index is 1380. The quantitative estimate of drug-likeness (QED) is 0.399. The summed E-state index contributed by atoms with van der Waals surface area (Å²) in [6.45, 7) is 6.87. The lowest BCUT2D eigenvalue weighted by Crippen LogP contribution is -2.26. The fourth-order valence-electron chi connectivity index (χ4n) is 4.72. The van der Waals surface area contributed by atoms with E-state index in [0.717, 1.165) is 46.8 Å². The van der Waals surface area contributed by atoms with Gasteiger partial charge in [-0.1, -0.05) is 63.2 Å². The van der Waals surface area contributed by atoms with E-state index >= 15 is 0 Å². The second kappa shape index (κ2) is 7.13. The minimum absolute atomic E-state index is 0.218. The molecule has 0 unspecified atom stereocenters. The van der Waals surface area contributed by atoms with Crippen molar-refractivity contribution in [2.45, 2.75) is 44.9 Å². The molecule has 4 nitrogen and oxygen atoms in total. The minimum atomic E-state index is -3.69. The van der Waals surface area contributed by atoms with Gasteiger partial charge in [-0.3, -0.25) is 4.72 Å². The van der Waals surface area contributed by atoms with E-state index in [2.05, 4.69) is 25.5 Å². The molecule has 0 saturated carbocycles. The Balaban J connectivity index is 1.69. The van der Waals surface area contributed by atoms with Crippen LogP contribution in [0.25, 0.3) is 21.7 Å². The van der Waals surface area contributed by atoms with Gasteiger partial charge in [-0.2, -0.15) is 0 Å². The standard InChI is InChI=1S/C26H27NO3S/c1-26(2,3)17-13-14-24-21(15-17)22-16-23(19-11-7-8-12-20(19)25(22)30-24)27-31(28,29)18-9-5-4-6-10-18/h4-12,16-17,27H,13-15H2,1-3H3/t17-/m1/s1. The van der Waals surface area contributed by atoms with E-state index in [1.165, 1.54) is 5.56 Å². The molecule has 160 valence electrons. The topological polar surface area (TPSA) is 59.3 Å². The predicted molar refractivity (Wildman–Crippen MR) is 126 cm³/mol. The van der Waals surface area contributed by atoms with Crippen LogP contribution in [-0.4, -0.2) is 8.42 Å². The number of benzene rings is 3. The number of nitrogens with one attached hydrogen (secondary N) is 1. The molecule has 1 N–H and O–H groups in total. The number of anilines is 1. The molecule has 5 rings (SSSR count). The monoisotopic (exact) mass is 433 g/mol. The van der Waals surface area contributed by atoms with Crippen LogP contribution in [0.3, 0.4) is 0 Å². The molecule has 1 heterocycles. The van der Waals surface area contributed by atoms with Crippen LogP contribution in [0.15, 0.2) is 70.0 Å². The third-order valence-corrected chi connectivity index (χ3v) is 7.96. The number of fused-ring (bicyclic) bond motifs is 5. The number of rotatable bonds is 3. The van der Waals surface area contributed by atoms with E-state index < -0.39 is 10.0 Å². The third kappa shape index (κ3) is 3.51. The first-order valence-corrected chi connectivity index (χ1v) is 12.3. The summed E-state index contributed by atoms with van der Waals surface area (Å²) in [7, 11) is -3.69. The van der Waals surface area contributed by atoms with Crippen LogP contribution in [-0.2, 0) is 22.9 Å². The molecule has 3 aromatic carbocycles. The molecule has 31 heavy (non-hydrogen) atoms. The highest BCUT2D eigenvalue weighted by atomic mass is 32.2. The second-order valence-corrected chi connectivity index (χ2v) is 11.3. The van der Waals surface area contributed by atoms with Gasteiger partial charge < -0.3 is 4.42 Å². The maximum atomic E-state index is 13.1. The van der Waals surface area contributed by atoms with Gasteiger partial charge >= 0.3 is 0 Å². The van der Waals surface area contributed by atoms with Crippen molar-refractivity contribution in [3.05, 3.63) is 72.0 Å². The summed E-state index contributed by atoms with van der Waals surface area (Å²) in [5, 5.41) is 2.80. The van der Waals surface area contributed by atoms with Gasteiger partial charge in [0.15, 0.2) is 0 Å². The lowest BCUT2D eigenvalue weighted by molar-refractivity contribution is 0.210. The molecule has 0 saturated heterocycles. The fourth-order valence-corrected chi connectivity index (χ4v) is 5.82. The van der Waals surface area contributed by atoms with Crippen LogP contribution < -0.4 is 4.72 Å². The summed E-state index contributed by atoms with van der Waals surface area (Å²) in [4.78, 5) is 0.251. The number of hydrogen-bond acceptors (Lipinski definition) is 3. The maximum absolute atomic E-state index is 13.1. The van der Waals surface area contributed by atoms with Crippen LogP contribution in [0.2, 0.25) is 0 Å². The molecule has 0 amide bonds. The Morgan fingerprint density at radius 3 is 2.32 bits per heavy atom. The molecule has 1 aromatic heterocycles. The fraction of sp³-hybridized carbons (Fsp3) is 0.308. The summed E-state index contributed by atoms with van der Waals surface area (Å²) in [5.74, 6) is 1.61. The second-order valence-electron chi connectivity index (χ2n) is 9.57. The van der Waals surface area contributed by atoms with E-state index in [9.17, 15) is 8.42 Å². The largest absolute Gasteiger partial charge is 0.460 e. The van der Waals surface area contributed by atoms with Crippen molar-refractivity contribution in [1.82, 2.24) is 0 Å². The van der Waals surface area contributed by atoms with Crippen molar-refractivity contribution in [2.75, 3.05) is 4.72 Å². The number of hydrogen-bond donors (Lipinski definition) is 1. The molecule has 0 fully saturated rings. The van der Waals surface area contributed by atoms with Gasteiger partial charge in [0, 0.05) is 28.1 Å². The molecule has 4 aromatic rings. The lowest BCUT2D eigenvalue weighted by Gasteiger charge is -2.33. The van der Waals surface area contributed by atoms with E-state index in [4.69, 9.17) is 4.42 Å². The van der Waals surface area contributed by atoms with Gasteiger partial charge in [0.1, 0.15) is 11.3 Å². The van der Waals surface area contributed by atoms with Gasteiger partial charge in [0.2, 0.25) is 0 Å². The molecule has 0 bridgehead atoms. The van der Waals surface area contributed by atoms with Crippen LogP contribution in [0.1, 0.15) is 38.5 Å². The van der Waals surface area contributed by atoms with Crippen LogP contribution in [0, 0.1) is 11.3 Å². The Hall–Kier alpha value is -2.79. The Morgan fingerprint density at radius 1 is 0.935 bits per heavy atom. The first-order chi connectivity index (χ1) is 14.7. The average molecular weight is 434 g/mol. The van der Waals surface area contributed by atoms with Crippen molar-refractivity contribution in [2.24, 2.45) is 11.3 Å². The Kier molecular flexibility index (Phi) is 4.63. The summed E-state index contributed by atoms with van der Waals surface area (Å²) in [6.07, 6.45) is 2.99. The van der Waals surface area contributed by atoms with Crippen LogP contribution in [0.4, 0.5) is 5.69 Å². The van der Waals surface area contributed by atoms with Gasteiger partial charge in [-0.25, -0.2) is 8.42 Å². The number of furan rings is 1. The summed E-state index contributed by atoms with van der Waals surface area (Å²) in [5.41, 5.74) is 2.90. The highest BCUT2D eigenvalue weighted by Crippen LogP contribution is 2.44. The smallest absolute Gasteiger partial charge is 0.261 e. The maximum Gasteiger partial charge on any atom is 0.261 e. The van der Waals surface area contributed by atoms with Crippen LogP contribution in [0.5, 0.6) is 0 Å². The molecule has 1 atom stereocenters. The van der Waals surface area contributed by atoms with Crippen molar-refractivity contribution >= 4 is 37.5 Å². The van der Waals surface area contributed by atoms with E-state index in [1.807, 2.05) is 36.4 Å². The van der Waals surface area contributed by atoms with Crippen LogP contribution >= 0.6 is 0 Å². The first kappa shape index (κ1) is 20.1. The minimum Gasteiger partial charge on any atom is -0.460 e. The summed E-state index contributed by atoms with van der Waals surface area (Å²) < 4.78 is 35.3. The van der Waals surface area contributed by atoms with Gasteiger partial charge in [0.05, 0.1) is 10.6 Å². The van der Waals surface area contributed by atoms with Crippen molar-refractivity contribution in [1.29, 1.82) is 0 Å². The van der Waals surface area contributed by atoms with E-state index in [0.29, 0.717) is 11.6 Å². The zero-order valence-electron chi connectivity index (χ0n) is 18.1. The molecule has 0 spiro atoms. The van der Waals surface area contributed by atoms with E-state index in [1.54, 1.807) is 24.3 Å². The zero-order valence-corrected chi connectivity index (χ0v) is 18.9. The normalized spacial score (nSPS) is 17.1. The summed E-state index contributed by atoms with van der Waals surface area (Å²) >= 11 is 0. The average Bonchev–Trinajstić information content (AvgIpc) is 3.12. The van der Waals surface area contributed by atoms with Crippen molar-refractivity contribution in [3.8, 4) is 0 Å². The summed E-state index contributed by atoms with van der Waals surface area (Å²) in [6, 6.07) is 18.3. The first-order valence-electron chi connectivity index (χ1n) is 10.8. The molecular weight excluding hydrogens is 406 g/mol. The molecule has 1 aliphatic rings. The highest BCUT2D eigenvalue weighted by Gasteiger charge is 2.32. The molecule has 1 aliphatic carbocycles. The zero-order chi connectivity index (χ0) is 21.8. The molecule has 5 heteroatoms. The number of aryl methyl sites for hydroxylation is 1. The lowest BCUT2D eigenvalue weighted by atomic mass is 9.71. The van der Waals surface area contributed by atoms with Gasteiger partial charge in [0.25, 0.3) is 10.0 Å². The molecule has 0 radical (unpaired) electrons. The Morgan fingerprint density at radius 2 is 1.61 bits per heavy atom. The highest BCUT2D eigenvalue weighted by molar-refractivity contribution is 7.92. The molecular formula is C26H27NO3S. The van der Waals surface area contributed by atoms with Crippen molar-refractivity contribution in [3.63, 3.8) is 0 Å². The third-order valence-electron chi connectivity index (χ3n) is 6.58. The molecule has 0 aliphatic heterocycles. The predicted octanol–water partition coefficient (Wildman–Crippen LogP) is 6.54. The van der Waals surface area contributed by atoms with Gasteiger partial charge in [-0.15, -0.1) is 0 Å². The van der Waals surface area contributed by atoms with Crippen molar-refractivity contribution < 1.29 is 12.8 Å². The Labute approximate surface area is 183 Å². The SMILES string of the molecule is CC(C)(C)[C@@H]1CCc2oc3c(cc(NS(=O)(=O)c4ccccc4)c4ccccc43)c2C1.